The second kappa shape index (κ2) is 15.5. The summed E-state index contributed by atoms with van der Waals surface area (Å²) in [5.74, 6) is 6.86. The Morgan fingerprint density at radius 2 is 1.98 bits per heavy atom. The molecule has 0 saturated carbocycles. The molecule has 0 aliphatic carbocycles. The van der Waals surface area contributed by atoms with Gasteiger partial charge in [0.1, 0.15) is 29.6 Å². The molecule has 4 rings (SSSR count). The summed E-state index contributed by atoms with van der Waals surface area (Å²) < 4.78 is 17.0. The number of benzene rings is 1. The Morgan fingerprint density at radius 1 is 1.24 bits per heavy atom. The van der Waals surface area contributed by atoms with Crippen LogP contribution in [0.5, 0.6) is 11.5 Å². The number of fused-ring (bicyclic) bond motifs is 1. The number of methoxy groups -OCH3 is 2. The van der Waals surface area contributed by atoms with E-state index in [9.17, 15) is 4.79 Å². The molecule has 1 aromatic carbocycles. The maximum atomic E-state index is 12.8. The van der Waals surface area contributed by atoms with Crippen LogP contribution in [0, 0.1) is 0 Å². The number of nitrogens with zero attached hydrogens (tertiary/aromatic N) is 6. The highest BCUT2D eigenvalue weighted by Gasteiger charge is 2.33. The third-order valence-electron chi connectivity index (χ3n) is 6.71. The van der Waals surface area contributed by atoms with Crippen molar-refractivity contribution in [1.29, 1.82) is 0 Å². The Labute approximate surface area is 256 Å². The van der Waals surface area contributed by atoms with Crippen molar-refractivity contribution < 1.29 is 19.0 Å². The van der Waals surface area contributed by atoms with Crippen molar-refractivity contribution in [3.63, 3.8) is 0 Å². The van der Waals surface area contributed by atoms with Crippen molar-refractivity contribution in [3.8, 4) is 11.5 Å². The van der Waals surface area contributed by atoms with Crippen LogP contribution in [0.25, 0.3) is 16.7 Å². The van der Waals surface area contributed by atoms with Crippen molar-refractivity contribution in [2.75, 3.05) is 58.1 Å². The molecule has 3 aromatic rings. The van der Waals surface area contributed by atoms with Gasteiger partial charge in [0.25, 0.3) is 0 Å². The first-order valence-electron chi connectivity index (χ1n) is 13.1. The van der Waals surface area contributed by atoms with E-state index in [0.29, 0.717) is 65.7 Å². The van der Waals surface area contributed by atoms with Gasteiger partial charge in [-0.15, -0.1) is 0 Å². The number of ether oxygens (including phenoxy) is 3. The SMILES string of the molecule is C=S(C)CCOCN1C(=O)CCC1CN(c1cc(OC)cc(OC)c1)c1ccc2ncc(/C(C=NC)=C/N)nc2n1.S. The van der Waals surface area contributed by atoms with Gasteiger partial charge in [-0.25, -0.2) is 9.97 Å². The highest BCUT2D eigenvalue weighted by Crippen LogP contribution is 2.34. The summed E-state index contributed by atoms with van der Waals surface area (Å²) in [4.78, 5) is 34.9. The van der Waals surface area contributed by atoms with Crippen LogP contribution in [0.1, 0.15) is 18.5 Å². The number of rotatable bonds is 13. The molecule has 1 saturated heterocycles. The fraction of sp³-hybridized carbons (Fsp3) is 0.379. The normalized spacial score (nSPS) is 16.1. The summed E-state index contributed by atoms with van der Waals surface area (Å²) in [5, 5.41) is 0. The summed E-state index contributed by atoms with van der Waals surface area (Å²) in [7, 11) is 4.92. The minimum absolute atomic E-state index is 0. The summed E-state index contributed by atoms with van der Waals surface area (Å²) in [6.45, 7) is 1.27. The molecule has 0 bridgehead atoms. The van der Waals surface area contributed by atoms with E-state index in [1.165, 1.54) is 6.20 Å². The lowest BCUT2D eigenvalue weighted by Crippen LogP contribution is -2.42. The number of aliphatic imine (C=N–C) groups is 1. The van der Waals surface area contributed by atoms with Crippen molar-refractivity contribution in [2.45, 2.75) is 18.9 Å². The number of amides is 1. The molecular formula is C29H39N7O4S2. The molecule has 2 atom stereocenters. The molecule has 2 aromatic heterocycles. The number of likely N-dealkylation sites (tertiary alicyclic amines) is 1. The predicted octanol–water partition coefficient (Wildman–Crippen LogP) is 3.59. The quantitative estimate of drug-likeness (QED) is 0.175. The van der Waals surface area contributed by atoms with E-state index in [0.717, 1.165) is 11.4 Å². The van der Waals surface area contributed by atoms with E-state index in [1.54, 1.807) is 33.7 Å². The fourth-order valence-corrected chi connectivity index (χ4v) is 4.93. The number of hydrogen-bond acceptors (Lipinski definition) is 10. The number of allylic oxidation sites excluding steroid dienone is 1. The second-order valence-corrected chi connectivity index (χ2v) is 11.5. The van der Waals surface area contributed by atoms with Gasteiger partial charge in [0.2, 0.25) is 5.91 Å². The van der Waals surface area contributed by atoms with Gasteiger partial charge in [-0.2, -0.15) is 24.0 Å². The van der Waals surface area contributed by atoms with Crippen molar-refractivity contribution in [3.05, 3.63) is 48.4 Å². The molecule has 3 heterocycles. The van der Waals surface area contributed by atoms with Crippen LogP contribution in [-0.2, 0) is 9.53 Å². The van der Waals surface area contributed by atoms with Gasteiger partial charge >= 0.3 is 0 Å². The van der Waals surface area contributed by atoms with Crippen molar-refractivity contribution in [1.82, 2.24) is 19.9 Å². The van der Waals surface area contributed by atoms with E-state index in [-0.39, 0.29) is 42.7 Å². The molecular weight excluding hydrogens is 574 g/mol. The van der Waals surface area contributed by atoms with Crippen LogP contribution >= 0.6 is 24.0 Å². The third kappa shape index (κ3) is 7.99. The number of pyridine rings is 1. The lowest BCUT2D eigenvalue weighted by molar-refractivity contribution is -0.134. The molecule has 42 heavy (non-hydrogen) atoms. The topological polar surface area (TPSA) is 128 Å². The molecule has 1 aliphatic heterocycles. The number of carbonyl (C=O) groups excluding carboxylic acids is 1. The minimum atomic E-state index is -0.0956. The number of carbonyl (C=O) groups is 1. The van der Waals surface area contributed by atoms with Gasteiger partial charge in [0.15, 0.2) is 5.65 Å². The zero-order valence-electron chi connectivity index (χ0n) is 24.4. The molecule has 1 aliphatic rings. The Hall–Kier alpha value is -3.68. The van der Waals surface area contributed by atoms with E-state index >= 15 is 0 Å². The minimum Gasteiger partial charge on any atom is -0.497 e. The molecule has 11 nitrogen and oxygen atoms in total. The molecule has 0 radical (unpaired) electrons. The first-order chi connectivity index (χ1) is 19.9. The Bertz CT molecular complexity index is 1440. The van der Waals surface area contributed by atoms with Gasteiger partial charge in [-0.1, -0.05) is 5.87 Å². The highest BCUT2D eigenvalue weighted by atomic mass is 32.2. The molecule has 1 amide bonds. The van der Waals surface area contributed by atoms with Gasteiger partial charge in [-0.3, -0.25) is 14.8 Å². The molecule has 226 valence electrons. The van der Waals surface area contributed by atoms with Crippen LogP contribution in [0.2, 0.25) is 0 Å². The maximum Gasteiger partial charge on any atom is 0.224 e. The molecule has 2 unspecified atom stereocenters. The molecule has 1 fully saturated rings. The lowest BCUT2D eigenvalue weighted by atomic mass is 10.1. The summed E-state index contributed by atoms with van der Waals surface area (Å²) in [6, 6.07) is 9.31. The van der Waals surface area contributed by atoms with Crippen LogP contribution < -0.4 is 20.1 Å². The third-order valence-corrected chi connectivity index (χ3v) is 7.58. The van der Waals surface area contributed by atoms with E-state index < -0.39 is 0 Å². The van der Waals surface area contributed by atoms with Crippen LogP contribution in [0.4, 0.5) is 11.5 Å². The van der Waals surface area contributed by atoms with Crippen LogP contribution in [-0.4, -0.2) is 97.0 Å². The average molecular weight is 614 g/mol. The van der Waals surface area contributed by atoms with Crippen LogP contribution in [0.3, 0.4) is 0 Å². The van der Waals surface area contributed by atoms with E-state index in [1.807, 2.05) is 40.1 Å². The second-order valence-electron chi connectivity index (χ2n) is 9.54. The van der Waals surface area contributed by atoms with Gasteiger partial charge < -0.3 is 29.7 Å². The Balaban J connectivity index is 0.00000484. The lowest BCUT2D eigenvalue weighted by Gasteiger charge is -2.32. The number of aromatic nitrogens is 3. The average Bonchev–Trinajstić information content (AvgIpc) is 3.34. The summed E-state index contributed by atoms with van der Waals surface area (Å²) in [5.41, 5.74) is 8.88. The number of nitrogens with two attached hydrogens (primary N) is 1. The van der Waals surface area contributed by atoms with Crippen molar-refractivity contribution in [2.24, 2.45) is 10.7 Å². The van der Waals surface area contributed by atoms with Gasteiger partial charge in [-0.05, 0) is 24.8 Å². The van der Waals surface area contributed by atoms with E-state index in [4.69, 9.17) is 29.9 Å². The smallest absolute Gasteiger partial charge is 0.224 e. The molecule has 13 heteroatoms. The predicted molar refractivity (Wildman–Crippen MR) is 177 cm³/mol. The van der Waals surface area contributed by atoms with Gasteiger partial charge in [0, 0.05) is 67.6 Å². The molecule has 2 N–H and O–H groups in total. The van der Waals surface area contributed by atoms with Crippen LogP contribution in [0.15, 0.2) is 47.7 Å². The standard InChI is InChI=1S/C29H37N7O4S.H2S/c1-31-16-20(15-30)26-17-32-25-7-8-27(34-29(25)33-26)35(22-12-23(38-2)14-24(13-22)39-3)18-21-6-9-28(37)36(21)19-40-10-11-41(4)5;/h7-8,12-17,21H,4,6,9-11,18-19,30H2,1-3,5H3;1H2/b20-15+,31-16?;. The largest absolute Gasteiger partial charge is 0.497 e. The monoisotopic (exact) mass is 613 g/mol. The first kappa shape index (κ1) is 32.8. The zero-order valence-corrected chi connectivity index (χ0v) is 26.3. The zero-order chi connectivity index (χ0) is 29.4. The van der Waals surface area contributed by atoms with Gasteiger partial charge in [0.05, 0.1) is 38.8 Å². The Kier molecular flexibility index (Phi) is 12.1. The number of anilines is 2. The summed E-state index contributed by atoms with van der Waals surface area (Å²) in [6.07, 6.45) is 7.94. The summed E-state index contributed by atoms with van der Waals surface area (Å²) >= 11 is 0. The maximum absolute atomic E-state index is 12.8. The van der Waals surface area contributed by atoms with Crippen molar-refractivity contribution >= 4 is 70.2 Å². The first-order valence-corrected chi connectivity index (χ1v) is 15.1. The fourth-order valence-electron chi connectivity index (χ4n) is 4.53. The van der Waals surface area contributed by atoms with E-state index in [2.05, 4.69) is 22.1 Å². The number of hydrogen-bond donors (Lipinski definition) is 1. The highest BCUT2D eigenvalue weighted by molar-refractivity contribution is 8.13. The Morgan fingerprint density at radius 3 is 2.62 bits per heavy atom. The molecule has 0 spiro atoms.